The van der Waals surface area contributed by atoms with Gasteiger partial charge in [0.25, 0.3) is 0 Å². The maximum absolute atomic E-state index is 14.3. The summed E-state index contributed by atoms with van der Waals surface area (Å²) in [6, 6.07) is 5.50. The molecule has 0 spiro atoms. The Balaban J connectivity index is 3.47. The Labute approximate surface area is 253 Å². The first kappa shape index (κ1) is 36.4. The van der Waals surface area contributed by atoms with E-state index in [-0.39, 0.29) is 17.9 Å². The van der Waals surface area contributed by atoms with Gasteiger partial charge in [-0.2, -0.15) is 11.8 Å². The van der Waals surface area contributed by atoms with E-state index in [0.717, 1.165) is 44.9 Å². The third kappa shape index (κ3) is 14.2. The number of carbonyl (C=O) groups excluding carboxylic acids is 3. The maximum atomic E-state index is 14.3. The first-order valence-electron chi connectivity index (χ1n) is 15.1. The summed E-state index contributed by atoms with van der Waals surface area (Å²) >= 11 is 1.60. The van der Waals surface area contributed by atoms with Crippen LogP contribution >= 0.6 is 11.8 Å². The number of nitrogens with one attached hydrogen (secondary N) is 2. The lowest BCUT2D eigenvalue weighted by Crippen LogP contribution is -2.54. The van der Waals surface area contributed by atoms with Crippen LogP contribution in [0.1, 0.15) is 116 Å². The minimum atomic E-state index is -0.860. The number of ether oxygens (including phenoxy) is 1. The van der Waals surface area contributed by atoms with E-state index in [1.165, 1.54) is 6.42 Å². The summed E-state index contributed by atoms with van der Waals surface area (Å²) in [4.78, 5) is 42.6. The lowest BCUT2D eigenvalue weighted by atomic mass is 9.99. The summed E-state index contributed by atoms with van der Waals surface area (Å²) in [6.07, 6.45) is 15.3. The summed E-state index contributed by atoms with van der Waals surface area (Å²) in [5.74, 6) is 2.76. The van der Waals surface area contributed by atoms with Crippen LogP contribution in [0.4, 0.5) is 4.79 Å². The highest BCUT2D eigenvalue weighted by Crippen LogP contribution is 2.25. The van der Waals surface area contributed by atoms with Gasteiger partial charge in [0.05, 0.1) is 0 Å². The van der Waals surface area contributed by atoms with Crippen molar-refractivity contribution in [3.05, 3.63) is 35.4 Å². The number of nitrogens with zero attached hydrogens (tertiary/aromatic N) is 1. The molecule has 0 aliphatic heterocycles. The van der Waals surface area contributed by atoms with Gasteiger partial charge in [-0.25, -0.2) is 4.79 Å². The van der Waals surface area contributed by atoms with Crippen LogP contribution in [0.3, 0.4) is 0 Å². The molecule has 0 saturated heterocycles. The highest BCUT2D eigenvalue weighted by molar-refractivity contribution is 7.98. The molecule has 0 aliphatic carbocycles. The molecule has 0 aliphatic rings. The minimum absolute atomic E-state index is 0.0434. The molecule has 3 atom stereocenters. The van der Waals surface area contributed by atoms with E-state index in [1.54, 1.807) is 49.6 Å². The second-order valence-electron chi connectivity index (χ2n) is 11.6. The molecule has 0 aromatic heterocycles. The molecule has 0 fully saturated rings. The Morgan fingerprint density at radius 2 is 1.61 bits per heavy atom. The first-order valence-corrected chi connectivity index (χ1v) is 16.5. The lowest BCUT2D eigenvalue weighted by Gasteiger charge is -2.35. The molecular weight excluding hydrogens is 534 g/mol. The van der Waals surface area contributed by atoms with Crippen molar-refractivity contribution >= 4 is 29.7 Å². The molecule has 1 aromatic rings. The second kappa shape index (κ2) is 19.5. The molecule has 0 radical (unpaired) electrons. The van der Waals surface area contributed by atoms with Crippen LogP contribution in [0.2, 0.25) is 0 Å². The highest BCUT2D eigenvalue weighted by atomic mass is 32.2. The first-order chi connectivity index (χ1) is 19.5. The Morgan fingerprint density at radius 3 is 2.17 bits per heavy atom. The normalized spacial score (nSPS) is 13.4. The fourth-order valence-corrected chi connectivity index (χ4v) is 5.10. The zero-order valence-corrected chi connectivity index (χ0v) is 27.2. The van der Waals surface area contributed by atoms with Crippen molar-refractivity contribution in [2.24, 2.45) is 0 Å². The monoisotopic (exact) mass is 587 g/mol. The van der Waals surface area contributed by atoms with Crippen LogP contribution in [0, 0.1) is 12.3 Å². The zero-order valence-electron chi connectivity index (χ0n) is 26.4. The predicted octanol–water partition coefficient (Wildman–Crippen LogP) is 6.85. The van der Waals surface area contributed by atoms with Crippen molar-refractivity contribution in [1.82, 2.24) is 15.5 Å². The molecular formula is C33H53N3O4S. The van der Waals surface area contributed by atoms with Crippen LogP contribution in [-0.4, -0.2) is 59.0 Å². The van der Waals surface area contributed by atoms with Gasteiger partial charge in [-0.1, -0.05) is 70.4 Å². The van der Waals surface area contributed by atoms with Crippen molar-refractivity contribution in [2.45, 2.75) is 123 Å². The zero-order chi connectivity index (χ0) is 30.8. The maximum Gasteiger partial charge on any atom is 0.408 e. The van der Waals surface area contributed by atoms with Crippen molar-refractivity contribution in [2.75, 3.05) is 18.6 Å². The molecule has 0 saturated carbocycles. The van der Waals surface area contributed by atoms with E-state index in [9.17, 15) is 14.4 Å². The number of thioether (sulfide) groups is 1. The van der Waals surface area contributed by atoms with E-state index in [1.807, 2.05) is 25.3 Å². The van der Waals surface area contributed by atoms with E-state index in [0.29, 0.717) is 29.8 Å². The van der Waals surface area contributed by atoms with Gasteiger partial charge >= 0.3 is 6.09 Å². The van der Waals surface area contributed by atoms with Gasteiger partial charge in [0.15, 0.2) is 0 Å². The smallest absolute Gasteiger partial charge is 0.408 e. The minimum Gasteiger partial charge on any atom is -0.444 e. The summed E-state index contributed by atoms with van der Waals surface area (Å²) in [7, 11) is 0. The summed E-state index contributed by atoms with van der Waals surface area (Å²) < 4.78 is 5.49. The number of amides is 3. The third-order valence-corrected chi connectivity index (χ3v) is 7.34. The van der Waals surface area contributed by atoms with Gasteiger partial charge in [0, 0.05) is 18.2 Å². The number of carbonyl (C=O) groups is 3. The summed E-state index contributed by atoms with van der Waals surface area (Å²) in [6.45, 7) is 12.0. The average molecular weight is 588 g/mol. The SMILES string of the molecule is C#Cc1ccc(C(C(=O)NC(C)CCC)N(CCCCCCCC)C(=O)C(CCSC)NC(=O)OC(C)(C)C)cc1. The fraction of sp³-hybridized carbons (Fsp3) is 0.667. The molecule has 3 amide bonds. The van der Waals surface area contributed by atoms with Gasteiger partial charge < -0.3 is 20.3 Å². The standard InChI is InChI=1S/C33H53N3O4S/c1-9-12-13-14-15-16-23-36(31(38)28(22-24-41-8)35-32(39)40-33(5,6)7)29(30(37)34-25(4)17-10-2)27-20-18-26(11-3)19-21-27/h3,18-21,25,28-29H,9-10,12-17,22-24H2,1-2,4-8H3,(H,34,37)(H,35,39). The van der Waals surface area contributed by atoms with Crippen molar-refractivity contribution in [1.29, 1.82) is 0 Å². The van der Waals surface area contributed by atoms with E-state index >= 15 is 0 Å². The van der Waals surface area contributed by atoms with Crippen LogP contribution < -0.4 is 10.6 Å². The molecule has 230 valence electrons. The van der Waals surface area contributed by atoms with Crippen LogP contribution in [0.25, 0.3) is 0 Å². The molecule has 1 rings (SSSR count). The van der Waals surface area contributed by atoms with Crippen LogP contribution in [0.15, 0.2) is 24.3 Å². The number of terminal acetylenes is 1. The third-order valence-electron chi connectivity index (χ3n) is 6.70. The van der Waals surface area contributed by atoms with Crippen molar-refractivity contribution in [3.8, 4) is 12.3 Å². The van der Waals surface area contributed by atoms with E-state index < -0.39 is 23.8 Å². The molecule has 3 unspecified atom stereocenters. The van der Waals surface area contributed by atoms with Gasteiger partial charge in [-0.05, 0) is 76.7 Å². The number of hydrogen-bond donors (Lipinski definition) is 2. The molecule has 1 aromatic carbocycles. The van der Waals surface area contributed by atoms with Gasteiger partial charge in [-0.3, -0.25) is 9.59 Å². The Kier molecular flexibility index (Phi) is 17.3. The van der Waals surface area contributed by atoms with Crippen molar-refractivity contribution in [3.63, 3.8) is 0 Å². The number of rotatable bonds is 18. The number of alkyl carbamates (subject to hydrolysis) is 1. The number of hydrogen-bond acceptors (Lipinski definition) is 5. The van der Waals surface area contributed by atoms with Gasteiger partial charge in [-0.15, -0.1) is 6.42 Å². The van der Waals surface area contributed by atoms with Crippen LogP contribution in [0.5, 0.6) is 0 Å². The predicted molar refractivity (Wildman–Crippen MR) is 171 cm³/mol. The van der Waals surface area contributed by atoms with E-state index in [2.05, 4.69) is 30.4 Å². The topological polar surface area (TPSA) is 87.7 Å². The number of benzene rings is 1. The fourth-order valence-electron chi connectivity index (χ4n) is 4.63. The molecule has 7 nitrogen and oxygen atoms in total. The van der Waals surface area contributed by atoms with Gasteiger partial charge in [0.1, 0.15) is 17.7 Å². The lowest BCUT2D eigenvalue weighted by molar-refractivity contribution is -0.143. The number of unbranched alkanes of at least 4 members (excludes halogenated alkanes) is 5. The largest absolute Gasteiger partial charge is 0.444 e. The Hall–Kier alpha value is -2.66. The molecule has 2 N–H and O–H groups in total. The average Bonchev–Trinajstić information content (AvgIpc) is 2.91. The second-order valence-corrected chi connectivity index (χ2v) is 12.6. The van der Waals surface area contributed by atoms with Gasteiger partial charge in [0.2, 0.25) is 11.8 Å². The quantitative estimate of drug-likeness (QED) is 0.145. The molecule has 0 bridgehead atoms. The Morgan fingerprint density at radius 1 is 0.976 bits per heavy atom. The van der Waals surface area contributed by atoms with Crippen molar-refractivity contribution < 1.29 is 19.1 Å². The molecule has 41 heavy (non-hydrogen) atoms. The Bertz CT molecular complexity index is 968. The molecule has 8 heteroatoms. The summed E-state index contributed by atoms with van der Waals surface area (Å²) in [5.41, 5.74) is 0.683. The highest BCUT2D eigenvalue weighted by Gasteiger charge is 2.36. The summed E-state index contributed by atoms with van der Waals surface area (Å²) in [5, 5.41) is 5.93. The molecule has 0 heterocycles. The van der Waals surface area contributed by atoms with E-state index in [4.69, 9.17) is 11.2 Å². The van der Waals surface area contributed by atoms with Crippen LogP contribution in [-0.2, 0) is 14.3 Å².